The van der Waals surface area contributed by atoms with E-state index in [9.17, 15) is 18.0 Å². The van der Waals surface area contributed by atoms with Gasteiger partial charge >= 0.3 is 12.1 Å². The van der Waals surface area contributed by atoms with E-state index >= 15 is 0 Å². The topological polar surface area (TPSA) is 64.3 Å². The van der Waals surface area contributed by atoms with E-state index in [0.29, 0.717) is 5.75 Å². The molecule has 0 aliphatic rings. The molecule has 0 saturated carbocycles. The summed E-state index contributed by atoms with van der Waals surface area (Å²) in [5.41, 5.74) is 5.29. The quantitative estimate of drug-likeness (QED) is 0.766. The van der Waals surface area contributed by atoms with Crippen LogP contribution in [0.5, 0.6) is 5.75 Å². The lowest BCUT2D eigenvalue weighted by Gasteiger charge is -2.11. The number of rotatable bonds is 2. The molecule has 4 nitrogen and oxygen atoms in total. The number of nitrogen functional groups attached to an aromatic ring is 1. The first-order chi connectivity index (χ1) is 7.34. The van der Waals surface area contributed by atoms with Crippen molar-refractivity contribution < 1.29 is 22.7 Å². The van der Waals surface area contributed by atoms with Gasteiger partial charge in [-0.3, -0.25) is 4.79 Å². The maximum absolute atomic E-state index is 12.0. The zero-order valence-electron chi connectivity index (χ0n) is 8.26. The second-order valence-corrected chi connectivity index (χ2v) is 2.91. The fourth-order valence-corrected chi connectivity index (χ4v) is 0.964. The van der Waals surface area contributed by atoms with Gasteiger partial charge in [-0.1, -0.05) is 0 Å². The number of amides is 1. The van der Waals surface area contributed by atoms with Crippen molar-refractivity contribution in [2.24, 2.45) is 0 Å². The molecule has 0 saturated heterocycles. The zero-order valence-corrected chi connectivity index (χ0v) is 8.26. The molecule has 0 spiro atoms. The summed E-state index contributed by atoms with van der Waals surface area (Å²) in [4.78, 5) is 10.7. The van der Waals surface area contributed by atoms with Crippen LogP contribution in [0, 0.1) is 0 Å². The molecular formula is C9H9F3N2O2. The fraction of sp³-hybridized carbons (Fsp3) is 0.222. The van der Waals surface area contributed by atoms with Gasteiger partial charge in [-0.05, 0) is 12.1 Å². The summed E-state index contributed by atoms with van der Waals surface area (Å²) in [6.45, 7) is 0. The monoisotopic (exact) mass is 234 g/mol. The van der Waals surface area contributed by atoms with Crippen molar-refractivity contribution in [2.45, 2.75) is 6.18 Å². The Hall–Kier alpha value is -1.92. The van der Waals surface area contributed by atoms with Crippen LogP contribution in [0.15, 0.2) is 18.2 Å². The van der Waals surface area contributed by atoms with Gasteiger partial charge in [0.15, 0.2) is 0 Å². The lowest BCUT2D eigenvalue weighted by atomic mass is 10.2. The molecule has 0 unspecified atom stereocenters. The molecule has 0 aliphatic heterocycles. The largest absolute Gasteiger partial charge is 0.497 e. The molecule has 0 aliphatic carbocycles. The Balaban J connectivity index is 2.92. The second-order valence-electron chi connectivity index (χ2n) is 2.91. The van der Waals surface area contributed by atoms with Crippen molar-refractivity contribution >= 4 is 17.3 Å². The molecule has 0 bridgehead atoms. The average Bonchev–Trinajstić information content (AvgIpc) is 2.19. The van der Waals surface area contributed by atoms with Crippen molar-refractivity contribution in [3.63, 3.8) is 0 Å². The van der Waals surface area contributed by atoms with Gasteiger partial charge in [-0.15, -0.1) is 0 Å². The number of nitrogens with one attached hydrogen (secondary N) is 1. The molecule has 0 aromatic heterocycles. The Morgan fingerprint density at radius 2 is 2.06 bits per heavy atom. The molecule has 0 atom stereocenters. The van der Waals surface area contributed by atoms with E-state index in [1.165, 1.54) is 25.3 Å². The number of methoxy groups -OCH3 is 1. The minimum absolute atomic E-state index is 0.0263. The van der Waals surface area contributed by atoms with Gasteiger partial charge in [-0.2, -0.15) is 13.2 Å². The first-order valence-corrected chi connectivity index (χ1v) is 4.16. The van der Waals surface area contributed by atoms with Crippen LogP contribution in [0.1, 0.15) is 0 Å². The molecule has 88 valence electrons. The van der Waals surface area contributed by atoms with Crippen molar-refractivity contribution in [3.8, 4) is 5.75 Å². The Labute approximate surface area is 89.2 Å². The fourth-order valence-electron chi connectivity index (χ4n) is 0.964. The summed E-state index contributed by atoms with van der Waals surface area (Å²) in [5, 5.41) is 1.66. The third-order valence-electron chi connectivity index (χ3n) is 1.77. The number of anilines is 2. The van der Waals surface area contributed by atoms with Crippen LogP contribution in [0.3, 0.4) is 0 Å². The first-order valence-electron chi connectivity index (χ1n) is 4.16. The molecule has 3 N–H and O–H groups in total. The van der Waals surface area contributed by atoms with Gasteiger partial charge in [0.2, 0.25) is 0 Å². The van der Waals surface area contributed by atoms with Crippen LogP contribution >= 0.6 is 0 Å². The van der Waals surface area contributed by atoms with Gasteiger partial charge in [0.05, 0.1) is 18.5 Å². The lowest BCUT2D eigenvalue weighted by molar-refractivity contribution is -0.167. The summed E-state index contributed by atoms with van der Waals surface area (Å²) in [7, 11) is 1.35. The van der Waals surface area contributed by atoms with Gasteiger partial charge in [0.1, 0.15) is 5.75 Å². The maximum Gasteiger partial charge on any atom is 0.471 e. The van der Waals surface area contributed by atoms with Gasteiger partial charge in [-0.25, -0.2) is 0 Å². The number of benzene rings is 1. The number of alkyl halides is 3. The number of nitrogens with two attached hydrogens (primary N) is 1. The normalized spacial score (nSPS) is 11.0. The van der Waals surface area contributed by atoms with E-state index in [0.717, 1.165) is 0 Å². The van der Waals surface area contributed by atoms with Gasteiger partial charge in [0, 0.05) is 6.07 Å². The smallest absolute Gasteiger partial charge is 0.471 e. The van der Waals surface area contributed by atoms with Gasteiger partial charge < -0.3 is 15.8 Å². The van der Waals surface area contributed by atoms with Crippen LogP contribution in [0.4, 0.5) is 24.5 Å². The second kappa shape index (κ2) is 4.30. The van der Waals surface area contributed by atoms with E-state index in [1.54, 1.807) is 5.32 Å². The summed E-state index contributed by atoms with van der Waals surface area (Å²) in [6, 6.07) is 4.02. The number of hydrogen-bond donors (Lipinski definition) is 2. The molecule has 7 heteroatoms. The van der Waals surface area contributed by atoms with E-state index in [-0.39, 0.29) is 11.4 Å². The summed E-state index contributed by atoms with van der Waals surface area (Å²) < 4.78 is 40.7. The first kappa shape index (κ1) is 12.2. The Bertz CT molecular complexity index is 404. The van der Waals surface area contributed by atoms with Crippen molar-refractivity contribution in [3.05, 3.63) is 18.2 Å². The standard InChI is InChI=1S/C9H9F3N2O2/c1-16-5-2-3-6(13)7(4-5)14-8(15)9(10,11)12/h2-4H,13H2,1H3,(H,14,15). The number of hydrogen-bond acceptors (Lipinski definition) is 3. The third kappa shape index (κ3) is 2.78. The van der Waals surface area contributed by atoms with Crippen LogP contribution in [0.25, 0.3) is 0 Å². The third-order valence-corrected chi connectivity index (χ3v) is 1.77. The van der Waals surface area contributed by atoms with Crippen LogP contribution in [-0.2, 0) is 4.79 Å². The van der Waals surface area contributed by atoms with Crippen LogP contribution < -0.4 is 15.8 Å². The number of ether oxygens (including phenoxy) is 1. The molecule has 16 heavy (non-hydrogen) atoms. The maximum atomic E-state index is 12.0. The summed E-state index contributed by atoms with van der Waals surface area (Å²) in [6.07, 6.45) is -4.95. The molecule has 0 radical (unpaired) electrons. The number of halogens is 3. The molecule has 0 heterocycles. The molecule has 1 aromatic carbocycles. The Morgan fingerprint density at radius 3 is 2.56 bits per heavy atom. The number of carbonyl (C=O) groups excluding carboxylic acids is 1. The Morgan fingerprint density at radius 1 is 1.44 bits per heavy atom. The molecule has 0 fully saturated rings. The molecule has 1 aromatic rings. The highest BCUT2D eigenvalue weighted by Gasteiger charge is 2.38. The highest BCUT2D eigenvalue weighted by molar-refractivity contribution is 5.97. The van der Waals surface area contributed by atoms with Crippen molar-refractivity contribution in [1.82, 2.24) is 0 Å². The lowest BCUT2D eigenvalue weighted by Crippen LogP contribution is -2.30. The van der Waals surface area contributed by atoms with Crippen molar-refractivity contribution in [2.75, 3.05) is 18.2 Å². The average molecular weight is 234 g/mol. The van der Waals surface area contributed by atoms with E-state index < -0.39 is 12.1 Å². The predicted octanol–water partition coefficient (Wildman–Crippen LogP) is 1.78. The minimum Gasteiger partial charge on any atom is -0.497 e. The predicted molar refractivity (Wildman–Crippen MR) is 52.1 cm³/mol. The van der Waals surface area contributed by atoms with E-state index in [2.05, 4.69) is 0 Å². The van der Waals surface area contributed by atoms with E-state index in [1.807, 2.05) is 0 Å². The molecule has 1 amide bonds. The van der Waals surface area contributed by atoms with Crippen LogP contribution in [0.2, 0.25) is 0 Å². The summed E-state index contributed by atoms with van der Waals surface area (Å²) >= 11 is 0. The highest BCUT2D eigenvalue weighted by atomic mass is 19.4. The Kier molecular flexibility index (Phi) is 3.26. The van der Waals surface area contributed by atoms with Gasteiger partial charge in [0.25, 0.3) is 0 Å². The van der Waals surface area contributed by atoms with E-state index in [4.69, 9.17) is 10.5 Å². The minimum atomic E-state index is -4.95. The van der Waals surface area contributed by atoms with Crippen molar-refractivity contribution in [1.29, 1.82) is 0 Å². The van der Waals surface area contributed by atoms with Crippen LogP contribution in [-0.4, -0.2) is 19.2 Å². The summed E-state index contributed by atoms with van der Waals surface area (Å²) in [5.74, 6) is -1.78. The number of carbonyl (C=O) groups is 1. The molecular weight excluding hydrogens is 225 g/mol. The molecule has 1 rings (SSSR count). The SMILES string of the molecule is COc1ccc(N)c(NC(=O)C(F)(F)F)c1. The zero-order chi connectivity index (χ0) is 12.3. The highest BCUT2D eigenvalue weighted by Crippen LogP contribution is 2.26.